The summed E-state index contributed by atoms with van der Waals surface area (Å²) in [4.78, 5) is 36.4. The molecule has 0 atom stereocenters. The number of carbonyl (C=O) groups is 4. The lowest BCUT2D eigenvalue weighted by atomic mass is 10.6. The summed E-state index contributed by atoms with van der Waals surface area (Å²) in [6.45, 7) is 3.25. The Morgan fingerprint density at radius 1 is 0.722 bits per heavy atom. The summed E-state index contributed by atoms with van der Waals surface area (Å²) >= 11 is 0. The van der Waals surface area contributed by atoms with E-state index in [4.69, 9.17) is 34.8 Å². The van der Waals surface area contributed by atoms with E-state index >= 15 is 0 Å². The maximum atomic E-state index is 9.45. The van der Waals surface area contributed by atoms with Crippen LogP contribution >= 0.6 is 0 Å². The van der Waals surface area contributed by atoms with Crippen LogP contribution in [0.1, 0.15) is 20.8 Å². The Bertz CT molecular complexity index is 223. The number of hydrogen-bond acceptors (Lipinski definition) is 6. The van der Waals surface area contributed by atoms with Crippen molar-refractivity contribution in [3.8, 4) is 0 Å². The topological polar surface area (TPSA) is 201 Å². The minimum Gasteiger partial charge on any atom is -0.481 e. The molecule has 0 aliphatic carbocycles. The van der Waals surface area contributed by atoms with Crippen molar-refractivity contribution < 1.29 is 39.6 Å². The Labute approximate surface area is 103 Å². The van der Waals surface area contributed by atoms with Gasteiger partial charge in [-0.05, 0) is 0 Å². The summed E-state index contributed by atoms with van der Waals surface area (Å²) < 4.78 is 0. The normalized spacial score (nSPS) is 7.22. The average Bonchev–Trinajstić information content (AvgIpc) is 1.99. The molecule has 108 valence electrons. The van der Waals surface area contributed by atoms with E-state index in [9.17, 15) is 4.79 Å². The highest BCUT2D eigenvalue weighted by Gasteiger charge is 1.99. The van der Waals surface area contributed by atoms with E-state index in [0.717, 1.165) is 20.8 Å². The van der Waals surface area contributed by atoms with Crippen LogP contribution in [0, 0.1) is 0 Å². The van der Waals surface area contributed by atoms with Crippen molar-refractivity contribution in [3.63, 3.8) is 0 Å². The second kappa shape index (κ2) is 17.2. The third kappa shape index (κ3) is 698. The van der Waals surface area contributed by atoms with Gasteiger partial charge in [-0.1, -0.05) is 0 Å². The van der Waals surface area contributed by atoms with E-state index in [-0.39, 0.29) is 0 Å². The number of hydrogen-bond donors (Lipinski definition) is 6. The van der Waals surface area contributed by atoms with Crippen LogP contribution in [-0.2, 0) is 19.2 Å². The van der Waals surface area contributed by atoms with Gasteiger partial charge in [-0.2, -0.15) is 0 Å². The van der Waals surface area contributed by atoms with Crippen LogP contribution in [0.15, 0.2) is 0 Å². The molecule has 8 N–H and O–H groups in total. The lowest BCUT2D eigenvalue weighted by Gasteiger charge is -1.90. The molecule has 0 aromatic rings. The first-order valence-corrected chi connectivity index (χ1v) is 4.17. The van der Waals surface area contributed by atoms with Crippen LogP contribution in [-0.4, -0.2) is 50.5 Å². The third-order valence-corrected chi connectivity index (χ3v) is 0.285. The van der Waals surface area contributed by atoms with Gasteiger partial charge in [0.15, 0.2) is 6.17 Å². The predicted octanol–water partition coefficient (Wildman–Crippen LogP) is -1.41. The van der Waals surface area contributed by atoms with Gasteiger partial charge in [0.1, 0.15) is 0 Å². The fourth-order valence-electron chi connectivity index (χ4n) is 0. The summed E-state index contributed by atoms with van der Waals surface area (Å²) in [6.07, 6.45) is -1.23. The molecule has 10 heteroatoms. The van der Waals surface area contributed by atoms with E-state index in [1.165, 1.54) is 0 Å². The van der Waals surface area contributed by atoms with E-state index in [0.29, 0.717) is 0 Å². The molecule has 18 heavy (non-hydrogen) atoms. The Hall–Kier alpha value is -2.20. The van der Waals surface area contributed by atoms with Crippen molar-refractivity contribution in [1.29, 1.82) is 0 Å². The van der Waals surface area contributed by atoms with Crippen molar-refractivity contribution in [2.24, 2.45) is 11.5 Å². The van der Waals surface area contributed by atoms with Gasteiger partial charge < -0.3 is 31.9 Å². The van der Waals surface area contributed by atoms with E-state index in [2.05, 4.69) is 11.5 Å². The van der Waals surface area contributed by atoms with Gasteiger partial charge in [0.25, 0.3) is 17.9 Å². The monoisotopic (exact) mass is 270 g/mol. The Morgan fingerprint density at radius 3 is 0.778 bits per heavy atom. The number of nitrogens with two attached hydrogens (primary N) is 2. The zero-order chi connectivity index (χ0) is 15.9. The third-order valence-electron chi connectivity index (χ3n) is 0.285. The van der Waals surface area contributed by atoms with Crippen LogP contribution in [0.2, 0.25) is 0 Å². The standard InChI is InChI=1S/C2H6N2O2.3C2H4O2/c3-1(4)2(5)6;3*1-2(3)4/h1H,3-4H2,(H,5,6);3*1H3,(H,3,4). The van der Waals surface area contributed by atoms with Crippen molar-refractivity contribution in [3.05, 3.63) is 0 Å². The van der Waals surface area contributed by atoms with Gasteiger partial charge in [0.05, 0.1) is 0 Å². The minimum atomic E-state index is -1.23. The number of aliphatic carboxylic acids is 4. The van der Waals surface area contributed by atoms with Gasteiger partial charge in [0.2, 0.25) is 0 Å². The molecular formula is C8H18N2O8. The number of rotatable bonds is 1. The predicted molar refractivity (Wildman–Crippen MR) is 59.7 cm³/mol. The van der Waals surface area contributed by atoms with Crippen LogP contribution in [0.4, 0.5) is 0 Å². The summed E-state index contributed by atoms with van der Waals surface area (Å²) in [5, 5.41) is 30.0. The van der Waals surface area contributed by atoms with Crippen molar-refractivity contribution in [2.75, 3.05) is 0 Å². The van der Waals surface area contributed by atoms with Crippen LogP contribution < -0.4 is 11.5 Å². The average molecular weight is 270 g/mol. The molecule has 0 rings (SSSR count). The van der Waals surface area contributed by atoms with Gasteiger partial charge >= 0.3 is 5.97 Å². The van der Waals surface area contributed by atoms with Crippen LogP contribution in [0.3, 0.4) is 0 Å². The molecule has 0 heterocycles. The molecule has 0 radical (unpaired) electrons. The molecule has 0 spiro atoms. The highest BCUT2D eigenvalue weighted by molar-refractivity contribution is 5.72. The Morgan fingerprint density at radius 2 is 0.778 bits per heavy atom. The lowest BCUT2D eigenvalue weighted by molar-refractivity contribution is -0.138. The molecule has 0 saturated heterocycles. The van der Waals surface area contributed by atoms with E-state index < -0.39 is 30.0 Å². The molecule has 0 fully saturated rings. The summed E-state index contributed by atoms with van der Waals surface area (Å²) in [5.41, 5.74) is 9.23. The van der Waals surface area contributed by atoms with Crippen molar-refractivity contribution in [1.82, 2.24) is 0 Å². The maximum Gasteiger partial charge on any atom is 0.335 e. The molecule has 0 aliphatic rings. The largest absolute Gasteiger partial charge is 0.481 e. The summed E-state index contributed by atoms with van der Waals surface area (Å²) in [7, 11) is 0. The zero-order valence-corrected chi connectivity index (χ0v) is 10.2. The van der Waals surface area contributed by atoms with Gasteiger partial charge in [-0.3, -0.25) is 14.4 Å². The molecule has 0 unspecified atom stereocenters. The van der Waals surface area contributed by atoms with Gasteiger partial charge in [-0.25, -0.2) is 4.79 Å². The van der Waals surface area contributed by atoms with Gasteiger partial charge in [-0.15, -0.1) is 0 Å². The van der Waals surface area contributed by atoms with Gasteiger partial charge in [0, 0.05) is 20.8 Å². The zero-order valence-electron chi connectivity index (χ0n) is 10.2. The molecular weight excluding hydrogens is 252 g/mol. The Kier molecular flexibility index (Phi) is 23.8. The highest BCUT2D eigenvalue weighted by atomic mass is 16.4. The molecule has 0 aromatic carbocycles. The number of carboxylic acids is 4. The first-order chi connectivity index (χ1) is 7.84. The second-order valence-corrected chi connectivity index (χ2v) is 2.42. The molecule has 0 bridgehead atoms. The first-order valence-electron chi connectivity index (χ1n) is 4.17. The van der Waals surface area contributed by atoms with Crippen LogP contribution in [0.5, 0.6) is 0 Å². The number of carboxylic acid groups (broad SMARTS) is 4. The SMILES string of the molecule is CC(=O)O.CC(=O)O.CC(=O)O.NC(N)C(=O)O. The lowest BCUT2D eigenvalue weighted by Crippen LogP contribution is -2.38. The molecule has 0 saturated carbocycles. The van der Waals surface area contributed by atoms with Crippen LogP contribution in [0.25, 0.3) is 0 Å². The smallest absolute Gasteiger partial charge is 0.335 e. The van der Waals surface area contributed by atoms with E-state index in [1.54, 1.807) is 0 Å². The Balaban J connectivity index is -0.0000000742. The maximum absolute atomic E-state index is 9.45. The second-order valence-electron chi connectivity index (χ2n) is 2.42. The molecule has 10 nitrogen and oxygen atoms in total. The molecule has 0 aromatic heterocycles. The van der Waals surface area contributed by atoms with Crippen molar-refractivity contribution in [2.45, 2.75) is 26.9 Å². The summed E-state index contributed by atoms with van der Waals surface area (Å²) in [6, 6.07) is 0. The highest BCUT2D eigenvalue weighted by Crippen LogP contribution is 1.56. The quantitative estimate of drug-likeness (QED) is 0.307. The summed E-state index contributed by atoms with van der Waals surface area (Å²) in [5.74, 6) is -3.69. The van der Waals surface area contributed by atoms with E-state index in [1.807, 2.05) is 0 Å². The first kappa shape index (κ1) is 24.9. The van der Waals surface area contributed by atoms with Crippen molar-refractivity contribution >= 4 is 23.9 Å². The molecule has 0 amide bonds. The minimum absolute atomic E-state index is 0.833. The molecule has 0 aliphatic heterocycles. The fourth-order valence-corrected chi connectivity index (χ4v) is 0. The fraction of sp³-hybridized carbons (Fsp3) is 0.500.